The van der Waals surface area contributed by atoms with Gasteiger partial charge in [-0.05, 0) is 35.2 Å². The second-order valence-electron chi connectivity index (χ2n) is 5.72. The molecule has 0 bridgehead atoms. The summed E-state index contributed by atoms with van der Waals surface area (Å²) in [6.45, 7) is 3.82. The van der Waals surface area contributed by atoms with Gasteiger partial charge in [-0.15, -0.1) is 0 Å². The van der Waals surface area contributed by atoms with Crippen molar-refractivity contribution in [1.29, 1.82) is 0 Å². The summed E-state index contributed by atoms with van der Waals surface area (Å²) in [6.07, 6.45) is 3.01. The number of rotatable bonds is 6. The Morgan fingerprint density at radius 3 is 3.22 bits per heavy atom. The van der Waals surface area contributed by atoms with Gasteiger partial charge in [-0.3, -0.25) is 9.89 Å². The molecule has 124 valence electrons. The lowest BCUT2D eigenvalue weighted by molar-refractivity contribution is -0.139. The number of hydrogen-bond donors (Lipinski definition) is 1. The van der Waals surface area contributed by atoms with Crippen LogP contribution in [0.4, 0.5) is 0 Å². The van der Waals surface area contributed by atoms with Crippen LogP contribution in [0.5, 0.6) is 0 Å². The van der Waals surface area contributed by atoms with E-state index in [1.165, 1.54) is 5.56 Å². The van der Waals surface area contributed by atoms with Crippen molar-refractivity contribution in [2.75, 3.05) is 19.7 Å². The van der Waals surface area contributed by atoms with E-state index in [-0.39, 0.29) is 12.0 Å². The quantitative estimate of drug-likeness (QED) is 0.880. The fourth-order valence-corrected chi connectivity index (χ4v) is 3.38. The molecule has 7 heteroatoms. The summed E-state index contributed by atoms with van der Waals surface area (Å²) in [5, 5.41) is 11.3. The van der Waals surface area contributed by atoms with E-state index in [1.807, 2.05) is 10.3 Å². The van der Waals surface area contributed by atoms with Crippen molar-refractivity contribution in [2.45, 2.75) is 38.7 Å². The summed E-state index contributed by atoms with van der Waals surface area (Å²) in [7, 11) is 0. The van der Waals surface area contributed by atoms with E-state index < -0.39 is 0 Å². The third kappa shape index (κ3) is 4.17. The molecule has 3 rings (SSSR count). The molecule has 6 nitrogen and oxygen atoms in total. The number of hydrogen-bond acceptors (Lipinski definition) is 5. The van der Waals surface area contributed by atoms with Gasteiger partial charge in [0.05, 0.1) is 13.2 Å². The van der Waals surface area contributed by atoms with Gasteiger partial charge in [0.25, 0.3) is 0 Å². The largest absolute Gasteiger partial charge is 0.366 e. The number of H-pyrrole nitrogens is 1. The summed E-state index contributed by atoms with van der Waals surface area (Å²) in [5.74, 6) is 1.71. The maximum Gasteiger partial charge on any atom is 0.223 e. The van der Waals surface area contributed by atoms with Crippen molar-refractivity contribution >= 4 is 17.2 Å². The molecule has 2 aromatic rings. The number of ether oxygens (including phenoxy) is 1. The Balaban J connectivity index is 1.55. The van der Waals surface area contributed by atoms with E-state index >= 15 is 0 Å². The molecule has 0 aromatic carbocycles. The smallest absolute Gasteiger partial charge is 0.223 e. The highest BCUT2D eigenvalue weighted by Gasteiger charge is 2.27. The van der Waals surface area contributed by atoms with Crippen molar-refractivity contribution in [1.82, 2.24) is 20.1 Å². The van der Waals surface area contributed by atoms with Gasteiger partial charge in [-0.2, -0.15) is 16.4 Å². The molecular weight excluding hydrogens is 312 g/mol. The molecule has 0 saturated carbocycles. The predicted molar refractivity (Wildman–Crippen MR) is 88.3 cm³/mol. The molecule has 2 aromatic heterocycles. The number of carbonyl (C=O) groups excluding carboxylic acids is 1. The lowest BCUT2D eigenvalue weighted by Crippen LogP contribution is -2.42. The highest BCUT2D eigenvalue weighted by Crippen LogP contribution is 2.20. The minimum absolute atomic E-state index is 0.175. The molecule has 1 saturated heterocycles. The zero-order valence-electron chi connectivity index (χ0n) is 13.3. The number of morpholine rings is 1. The van der Waals surface area contributed by atoms with E-state index in [2.05, 4.69) is 33.6 Å². The number of aryl methyl sites for hydroxylation is 2. The molecule has 3 heterocycles. The third-order valence-electron chi connectivity index (χ3n) is 3.95. The van der Waals surface area contributed by atoms with Gasteiger partial charge in [0.2, 0.25) is 5.91 Å². The number of nitrogens with zero attached hydrogens (tertiary/aromatic N) is 3. The van der Waals surface area contributed by atoms with Gasteiger partial charge in [0, 0.05) is 19.4 Å². The van der Waals surface area contributed by atoms with Crippen molar-refractivity contribution in [3.63, 3.8) is 0 Å². The minimum Gasteiger partial charge on any atom is -0.366 e. The Hall–Kier alpha value is -1.73. The monoisotopic (exact) mass is 334 g/mol. The first-order valence-electron chi connectivity index (χ1n) is 8.08. The van der Waals surface area contributed by atoms with Gasteiger partial charge in [-0.25, -0.2) is 4.98 Å². The Bertz CT molecular complexity index is 626. The SMILES string of the molecule is CCCc1nc([C@H]2CN(C(=O)CCc3ccsc3)CCO2)n[nH]1. The summed E-state index contributed by atoms with van der Waals surface area (Å²) in [4.78, 5) is 18.8. The highest BCUT2D eigenvalue weighted by molar-refractivity contribution is 7.07. The summed E-state index contributed by atoms with van der Waals surface area (Å²) in [5.41, 5.74) is 1.23. The average Bonchev–Trinajstić information content (AvgIpc) is 3.25. The molecule has 1 fully saturated rings. The Kier molecular flexibility index (Phi) is 5.40. The summed E-state index contributed by atoms with van der Waals surface area (Å²) in [6, 6.07) is 2.07. The zero-order valence-corrected chi connectivity index (χ0v) is 14.1. The lowest BCUT2D eigenvalue weighted by atomic mass is 10.1. The topological polar surface area (TPSA) is 71.1 Å². The second kappa shape index (κ2) is 7.70. The molecule has 1 atom stereocenters. The molecule has 1 aliphatic rings. The fraction of sp³-hybridized carbons (Fsp3) is 0.562. The lowest BCUT2D eigenvalue weighted by Gasteiger charge is -2.31. The standard InChI is InChI=1S/C16H22N4O2S/c1-2-3-14-17-16(19-18-14)13-10-20(7-8-22-13)15(21)5-4-12-6-9-23-11-12/h6,9,11,13H,2-5,7-8,10H2,1H3,(H,17,18,19)/t13-/m1/s1. The van der Waals surface area contributed by atoms with Crippen molar-refractivity contribution in [3.05, 3.63) is 34.0 Å². The number of aromatic nitrogens is 3. The van der Waals surface area contributed by atoms with E-state index in [0.717, 1.165) is 25.1 Å². The third-order valence-corrected chi connectivity index (χ3v) is 4.68. The first kappa shape index (κ1) is 16.1. The molecule has 1 N–H and O–H groups in total. The van der Waals surface area contributed by atoms with Gasteiger partial charge in [-0.1, -0.05) is 6.92 Å². The molecule has 0 aliphatic carbocycles. The maximum atomic E-state index is 12.4. The Morgan fingerprint density at radius 2 is 2.43 bits per heavy atom. The predicted octanol–water partition coefficient (Wildman–Crippen LogP) is 2.35. The first-order chi connectivity index (χ1) is 11.3. The zero-order chi connectivity index (χ0) is 16.1. The van der Waals surface area contributed by atoms with Gasteiger partial charge in [0.1, 0.15) is 11.9 Å². The summed E-state index contributed by atoms with van der Waals surface area (Å²) < 4.78 is 5.75. The van der Waals surface area contributed by atoms with Crippen molar-refractivity contribution < 1.29 is 9.53 Å². The Morgan fingerprint density at radius 1 is 1.52 bits per heavy atom. The van der Waals surface area contributed by atoms with Crippen molar-refractivity contribution in [3.8, 4) is 0 Å². The van der Waals surface area contributed by atoms with Gasteiger partial charge >= 0.3 is 0 Å². The average molecular weight is 334 g/mol. The number of thiophene rings is 1. The molecule has 0 radical (unpaired) electrons. The van der Waals surface area contributed by atoms with Crippen LogP contribution in [0.15, 0.2) is 16.8 Å². The van der Waals surface area contributed by atoms with E-state index in [0.29, 0.717) is 31.9 Å². The van der Waals surface area contributed by atoms with E-state index in [4.69, 9.17) is 4.74 Å². The van der Waals surface area contributed by atoms with Crippen LogP contribution in [0.3, 0.4) is 0 Å². The van der Waals surface area contributed by atoms with Crippen molar-refractivity contribution in [2.24, 2.45) is 0 Å². The Labute approximate surface area is 139 Å². The van der Waals surface area contributed by atoms with Crippen LogP contribution in [-0.4, -0.2) is 45.7 Å². The first-order valence-corrected chi connectivity index (χ1v) is 9.02. The number of nitrogens with one attached hydrogen (secondary N) is 1. The van der Waals surface area contributed by atoms with Crippen LogP contribution >= 0.6 is 11.3 Å². The highest BCUT2D eigenvalue weighted by atomic mass is 32.1. The molecule has 1 aliphatic heterocycles. The number of aromatic amines is 1. The van der Waals surface area contributed by atoms with Crippen LogP contribution in [0.1, 0.15) is 43.1 Å². The second-order valence-corrected chi connectivity index (χ2v) is 6.50. The molecule has 1 amide bonds. The van der Waals surface area contributed by atoms with E-state index in [1.54, 1.807) is 11.3 Å². The minimum atomic E-state index is -0.226. The van der Waals surface area contributed by atoms with Crippen LogP contribution in [0.2, 0.25) is 0 Å². The molecule has 0 unspecified atom stereocenters. The van der Waals surface area contributed by atoms with Crippen LogP contribution in [0.25, 0.3) is 0 Å². The van der Waals surface area contributed by atoms with E-state index in [9.17, 15) is 4.79 Å². The molecular formula is C16H22N4O2S. The normalized spacial score (nSPS) is 18.3. The number of carbonyl (C=O) groups is 1. The van der Waals surface area contributed by atoms with Crippen LogP contribution < -0.4 is 0 Å². The molecule has 23 heavy (non-hydrogen) atoms. The van der Waals surface area contributed by atoms with Crippen LogP contribution in [0, 0.1) is 0 Å². The maximum absolute atomic E-state index is 12.4. The number of amides is 1. The fourth-order valence-electron chi connectivity index (χ4n) is 2.68. The van der Waals surface area contributed by atoms with Gasteiger partial charge in [0.15, 0.2) is 5.82 Å². The van der Waals surface area contributed by atoms with Gasteiger partial charge < -0.3 is 9.64 Å². The summed E-state index contributed by atoms with van der Waals surface area (Å²) >= 11 is 1.67. The van der Waals surface area contributed by atoms with Crippen LogP contribution in [-0.2, 0) is 22.4 Å². The molecule has 0 spiro atoms.